The Bertz CT molecular complexity index is 384. The molecule has 1 rings (SSSR count). The van der Waals surface area contributed by atoms with E-state index in [2.05, 4.69) is 10.6 Å². The zero-order chi connectivity index (χ0) is 14.8. The van der Waals surface area contributed by atoms with E-state index in [9.17, 15) is 9.90 Å². The molecule has 0 spiro atoms. The van der Waals surface area contributed by atoms with Crippen molar-refractivity contribution in [1.82, 2.24) is 10.6 Å². The fourth-order valence-corrected chi connectivity index (χ4v) is 1.95. The van der Waals surface area contributed by atoms with Gasteiger partial charge in [0.15, 0.2) is 0 Å². The van der Waals surface area contributed by atoms with Crippen LogP contribution in [-0.2, 0) is 16.0 Å². The van der Waals surface area contributed by atoms with Gasteiger partial charge in [-0.1, -0.05) is 30.3 Å². The summed E-state index contributed by atoms with van der Waals surface area (Å²) >= 11 is 0. The molecule has 3 N–H and O–H groups in total. The van der Waals surface area contributed by atoms with E-state index in [-0.39, 0.29) is 31.1 Å². The third-order valence-electron chi connectivity index (χ3n) is 2.92. The number of carbonyl (C=O) groups excluding carboxylic acids is 1. The molecule has 1 amide bonds. The number of methoxy groups -OCH3 is 1. The first-order valence-corrected chi connectivity index (χ1v) is 6.82. The number of aliphatic hydroxyl groups excluding tert-OH is 1. The van der Waals surface area contributed by atoms with Gasteiger partial charge < -0.3 is 20.5 Å². The lowest BCUT2D eigenvalue weighted by Crippen LogP contribution is -2.45. The van der Waals surface area contributed by atoms with Gasteiger partial charge in [-0.15, -0.1) is 0 Å². The van der Waals surface area contributed by atoms with Crippen LogP contribution in [0, 0.1) is 0 Å². The molecule has 2 atom stereocenters. The number of hydrogen-bond acceptors (Lipinski definition) is 4. The minimum absolute atomic E-state index is 0.00417. The monoisotopic (exact) mass is 280 g/mol. The number of nitrogens with one attached hydrogen (secondary N) is 2. The fourth-order valence-electron chi connectivity index (χ4n) is 1.95. The first kappa shape index (κ1) is 16.6. The normalized spacial score (nSPS) is 13.8. The summed E-state index contributed by atoms with van der Waals surface area (Å²) in [5, 5.41) is 15.2. The number of ether oxygens (including phenoxy) is 1. The average molecular weight is 280 g/mol. The van der Waals surface area contributed by atoms with Crippen molar-refractivity contribution in [3.8, 4) is 0 Å². The molecule has 0 bridgehead atoms. The summed E-state index contributed by atoms with van der Waals surface area (Å²) in [5.74, 6) is -0.0962. The lowest BCUT2D eigenvalue weighted by Gasteiger charge is -2.18. The van der Waals surface area contributed by atoms with E-state index < -0.39 is 0 Å². The van der Waals surface area contributed by atoms with Crippen molar-refractivity contribution < 1.29 is 14.6 Å². The number of aliphatic hydroxyl groups is 1. The number of hydrogen-bond donors (Lipinski definition) is 3. The molecule has 2 unspecified atom stereocenters. The molecule has 0 saturated carbocycles. The van der Waals surface area contributed by atoms with Gasteiger partial charge in [0.05, 0.1) is 19.8 Å². The van der Waals surface area contributed by atoms with Gasteiger partial charge in [-0.3, -0.25) is 4.79 Å². The third kappa shape index (κ3) is 6.65. The van der Waals surface area contributed by atoms with Crippen molar-refractivity contribution in [3.05, 3.63) is 35.9 Å². The van der Waals surface area contributed by atoms with E-state index in [1.54, 1.807) is 7.11 Å². The zero-order valence-corrected chi connectivity index (χ0v) is 12.1. The second-order valence-corrected chi connectivity index (χ2v) is 4.87. The molecule has 0 heterocycles. The Labute approximate surface area is 120 Å². The number of carbonyl (C=O) groups is 1. The first-order valence-electron chi connectivity index (χ1n) is 6.82. The molecule has 0 aromatic heterocycles. The Balaban J connectivity index is 2.32. The molecule has 5 heteroatoms. The third-order valence-corrected chi connectivity index (χ3v) is 2.92. The second kappa shape index (κ2) is 9.47. The summed E-state index contributed by atoms with van der Waals surface area (Å²) in [4.78, 5) is 11.7. The van der Waals surface area contributed by atoms with E-state index in [0.29, 0.717) is 13.0 Å². The molecule has 0 aliphatic heterocycles. The van der Waals surface area contributed by atoms with Crippen LogP contribution in [-0.4, -0.2) is 50.0 Å². The Morgan fingerprint density at radius 3 is 2.65 bits per heavy atom. The lowest BCUT2D eigenvalue weighted by atomic mass is 10.1. The van der Waals surface area contributed by atoms with Crippen molar-refractivity contribution in [1.29, 1.82) is 0 Å². The lowest BCUT2D eigenvalue weighted by molar-refractivity contribution is -0.121. The average Bonchev–Trinajstić information content (AvgIpc) is 2.44. The van der Waals surface area contributed by atoms with Gasteiger partial charge in [0.1, 0.15) is 0 Å². The molecule has 0 radical (unpaired) electrons. The molecule has 20 heavy (non-hydrogen) atoms. The quantitative estimate of drug-likeness (QED) is 0.610. The molecular formula is C15H24N2O3. The predicted molar refractivity (Wildman–Crippen MR) is 78.5 cm³/mol. The Hall–Kier alpha value is -1.43. The van der Waals surface area contributed by atoms with Crippen LogP contribution in [0.15, 0.2) is 30.3 Å². The van der Waals surface area contributed by atoms with Crippen molar-refractivity contribution in [2.45, 2.75) is 25.4 Å². The Morgan fingerprint density at radius 2 is 2.05 bits per heavy atom. The highest BCUT2D eigenvalue weighted by atomic mass is 16.5. The van der Waals surface area contributed by atoms with Crippen LogP contribution in [0.2, 0.25) is 0 Å². The molecule has 0 saturated heterocycles. The minimum Gasteiger partial charge on any atom is -0.395 e. The van der Waals surface area contributed by atoms with Crippen LogP contribution < -0.4 is 10.6 Å². The van der Waals surface area contributed by atoms with E-state index >= 15 is 0 Å². The molecule has 1 aromatic rings. The summed E-state index contributed by atoms with van der Waals surface area (Å²) in [6, 6.07) is 9.74. The first-order chi connectivity index (χ1) is 9.65. The molecular weight excluding hydrogens is 256 g/mol. The van der Waals surface area contributed by atoms with Gasteiger partial charge >= 0.3 is 0 Å². The van der Waals surface area contributed by atoms with Crippen LogP contribution >= 0.6 is 0 Å². The summed E-state index contributed by atoms with van der Waals surface area (Å²) in [5.41, 5.74) is 1.13. The predicted octanol–water partition coefficient (Wildman–Crippen LogP) is 0.331. The number of amides is 1. The smallest absolute Gasteiger partial charge is 0.234 e. The largest absolute Gasteiger partial charge is 0.395 e. The number of benzene rings is 1. The molecule has 1 aromatic carbocycles. The zero-order valence-electron chi connectivity index (χ0n) is 12.1. The van der Waals surface area contributed by atoms with Gasteiger partial charge in [-0.25, -0.2) is 0 Å². The van der Waals surface area contributed by atoms with Crippen molar-refractivity contribution in [2.75, 3.05) is 26.9 Å². The van der Waals surface area contributed by atoms with Crippen molar-refractivity contribution in [3.63, 3.8) is 0 Å². The number of rotatable bonds is 9. The van der Waals surface area contributed by atoms with Crippen LogP contribution in [0.4, 0.5) is 0 Å². The van der Waals surface area contributed by atoms with Crippen LogP contribution in [0.25, 0.3) is 0 Å². The molecule has 112 valence electrons. The topological polar surface area (TPSA) is 70.6 Å². The van der Waals surface area contributed by atoms with Crippen LogP contribution in [0.5, 0.6) is 0 Å². The van der Waals surface area contributed by atoms with Crippen molar-refractivity contribution >= 4 is 5.91 Å². The van der Waals surface area contributed by atoms with Gasteiger partial charge in [0.2, 0.25) is 5.91 Å². The molecule has 0 aliphatic carbocycles. The van der Waals surface area contributed by atoms with E-state index in [0.717, 1.165) is 5.56 Å². The highest BCUT2D eigenvalue weighted by molar-refractivity contribution is 5.78. The highest BCUT2D eigenvalue weighted by Crippen LogP contribution is 2.02. The highest BCUT2D eigenvalue weighted by Gasteiger charge is 2.11. The summed E-state index contributed by atoms with van der Waals surface area (Å²) in [6.45, 7) is 2.55. The maximum atomic E-state index is 11.7. The SMILES string of the molecule is COCC(C)NC(=O)CNC(CO)Cc1ccccc1. The summed E-state index contributed by atoms with van der Waals surface area (Å²) in [6.07, 6.45) is 0.693. The maximum absolute atomic E-state index is 11.7. The van der Waals surface area contributed by atoms with Crippen LogP contribution in [0.1, 0.15) is 12.5 Å². The Morgan fingerprint density at radius 1 is 1.35 bits per heavy atom. The van der Waals surface area contributed by atoms with E-state index in [1.807, 2.05) is 37.3 Å². The minimum atomic E-state index is -0.124. The van der Waals surface area contributed by atoms with Gasteiger partial charge in [0, 0.05) is 19.2 Å². The maximum Gasteiger partial charge on any atom is 0.234 e. The van der Waals surface area contributed by atoms with Crippen molar-refractivity contribution in [2.24, 2.45) is 0 Å². The van der Waals surface area contributed by atoms with Crippen LogP contribution in [0.3, 0.4) is 0 Å². The van der Waals surface area contributed by atoms with Gasteiger partial charge in [-0.05, 0) is 18.9 Å². The van der Waals surface area contributed by atoms with E-state index in [4.69, 9.17) is 4.74 Å². The van der Waals surface area contributed by atoms with Gasteiger partial charge in [0.25, 0.3) is 0 Å². The molecule has 5 nitrogen and oxygen atoms in total. The summed E-state index contributed by atoms with van der Waals surface area (Å²) in [7, 11) is 1.60. The molecule has 0 fully saturated rings. The fraction of sp³-hybridized carbons (Fsp3) is 0.533. The van der Waals surface area contributed by atoms with E-state index in [1.165, 1.54) is 0 Å². The van der Waals surface area contributed by atoms with Gasteiger partial charge in [-0.2, -0.15) is 0 Å². The summed E-state index contributed by atoms with van der Waals surface area (Å²) < 4.78 is 4.96. The standard InChI is InChI=1S/C15H24N2O3/c1-12(11-20-2)17-15(19)9-16-14(10-18)8-13-6-4-3-5-7-13/h3-7,12,14,16,18H,8-11H2,1-2H3,(H,17,19). The Kier molecular flexibility index (Phi) is 7.87. The second-order valence-electron chi connectivity index (χ2n) is 4.87. The molecule has 0 aliphatic rings.